The third-order valence-corrected chi connectivity index (χ3v) is 2.74. The molecule has 3 heteroatoms. The maximum Gasteiger partial charge on any atom is 0.234 e. The fourth-order valence-electron chi connectivity index (χ4n) is 1.17. The van der Waals surface area contributed by atoms with Crippen LogP contribution in [0.5, 0.6) is 0 Å². The minimum Gasteiger partial charge on any atom is -0.325 e. The van der Waals surface area contributed by atoms with Gasteiger partial charge in [0.2, 0.25) is 5.91 Å². The van der Waals surface area contributed by atoms with Crippen LogP contribution in [-0.2, 0) is 4.79 Å². The molecular weight excluding hydrogens is 194 g/mol. The lowest BCUT2D eigenvalue weighted by atomic mass is 10.1. The van der Waals surface area contributed by atoms with Gasteiger partial charge in [0, 0.05) is 4.91 Å². The molecule has 1 aliphatic rings. The van der Waals surface area contributed by atoms with Crippen LogP contribution in [0, 0.1) is 5.92 Å². The largest absolute Gasteiger partial charge is 0.325 e. The van der Waals surface area contributed by atoms with E-state index >= 15 is 0 Å². The van der Waals surface area contributed by atoms with Crippen molar-refractivity contribution in [2.45, 2.75) is 13.8 Å². The predicted molar refractivity (Wildman–Crippen MR) is 61.8 cm³/mol. The summed E-state index contributed by atoms with van der Waals surface area (Å²) in [7, 11) is 0. The lowest BCUT2D eigenvalue weighted by Crippen LogP contribution is -2.29. The molecule has 1 rings (SSSR count). The number of rotatable bonds is 2. The van der Waals surface area contributed by atoms with Gasteiger partial charge >= 0.3 is 0 Å². The van der Waals surface area contributed by atoms with Crippen LogP contribution in [0.25, 0.3) is 0 Å². The van der Waals surface area contributed by atoms with Gasteiger partial charge in [-0.2, -0.15) is 0 Å². The first-order valence-corrected chi connectivity index (χ1v) is 5.59. The summed E-state index contributed by atoms with van der Waals surface area (Å²) < 4.78 is 0. The average Bonchev–Trinajstić information content (AvgIpc) is 2.09. The molecule has 14 heavy (non-hydrogen) atoms. The molecule has 0 bridgehead atoms. The van der Waals surface area contributed by atoms with Gasteiger partial charge in [-0.25, -0.2) is 0 Å². The fraction of sp³-hybridized carbons (Fsp3) is 0.364. The van der Waals surface area contributed by atoms with E-state index in [1.807, 2.05) is 6.08 Å². The molecule has 0 atom stereocenters. The van der Waals surface area contributed by atoms with Crippen LogP contribution in [0.2, 0.25) is 0 Å². The Morgan fingerprint density at radius 1 is 1.57 bits per heavy atom. The topological polar surface area (TPSA) is 29.1 Å². The number of hydrogen-bond acceptors (Lipinski definition) is 2. The van der Waals surface area contributed by atoms with E-state index in [-0.39, 0.29) is 5.91 Å². The van der Waals surface area contributed by atoms with Crippen LogP contribution >= 0.6 is 11.8 Å². The Bertz CT molecular complexity index is 302. The van der Waals surface area contributed by atoms with E-state index in [9.17, 15) is 4.79 Å². The summed E-state index contributed by atoms with van der Waals surface area (Å²) in [6.45, 7) is 7.83. The van der Waals surface area contributed by atoms with E-state index in [2.05, 4.69) is 31.8 Å². The first kappa shape index (κ1) is 11.1. The number of allylic oxidation sites excluding steroid dienone is 3. The molecule has 1 N–H and O–H groups in total. The Balaban J connectivity index is 2.89. The van der Waals surface area contributed by atoms with Crippen LogP contribution in [0.1, 0.15) is 13.8 Å². The molecule has 0 spiro atoms. The molecule has 0 saturated carbocycles. The second kappa shape index (κ2) is 5.05. The minimum absolute atomic E-state index is 0.0723. The van der Waals surface area contributed by atoms with Crippen molar-refractivity contribution in [2.24, 2.45) is 5.92 Å². The summed E-state index contributed by atoms with van der Waals surface area (Å²) in [4.78, 5) is 12.3. The highest BCUT2D eigenvalue weighted by molar-refractivity contribution is 8.04. The fourth-order valence-corrected chi connectivity index (χ4v) is 2.00. The highest BCUT2D eigenvalue weighted by Crippen LogP contribution is 2.27. The predicted octanol–water partition coefficient (Wildman–Crippen LogP) is 2.46. The van der Waals surface area contributed by atoms with Crippen molar-refractivity contribution in [3.63, 3.8) is 0 Å². The van der Waals surface area contributed by atoms with Gasteiger partial charge < -0.3 is 5.32 Å². The van der Waals surface area contributed by atoms with Gasteiger partial charge in [0.25, 0.3) is 0 Å². The third kappa shape index (κ3) is 3.07. The quantitative estimate of drug-likeness (QED) is 0.757. The first-order valence-electron chi connectivity index (χ1n) is 4.61. The number of amides is 1. The van der Waals surface area contributed by atoms with Crippen LogP contribution in [-0.4, -0.2) is 11.7 Å². The van der Waals surface area contributed by atoms with Crippen LogP contribution < -0.4 is 5.32 Å². The van der Waals surface area contributed by atoms with Gasteiger partial charge in [0.05, 0.1) is 11.4 Å². The van der Waals surface area contributed by atoms with Gasteiger partial charge in [-0.05, 0) is 12.0 Å². The molecule has 0 radical (unpaired) electrons. The summed E-state index contributed by atoms with van der Waals surface area (Å²) in [5.41, 5.74) is 0.918. The van der Waals surface area contributed by atoms with Gasteiger partial charge in [-0.1, -0.05) is 32.6 Å². The third-order valence-electron chi connectivity index (χ3n) is 1.67. The van der Waals surface area contributed by atoms with Crippen LogP contribution in [0.3, 0.4) is 0 Å². The zero-order chi connectivity index (χ0) is 10.6. The standard InChI is InChI=1S/C11H15NOS/c1-4-5-10-9(6-8(2)3)12-11(13)7-14-10/h4-6,8H,1,7H2,2-3H3,(H,12,13)/b9-6+,10-5+. The van der Waals surface area contributed by atoms with Crippen molar-refractivity contribution in [3.05, 3.63) is 35.4 Å². The molecule has 1 amide bonds. The monoisotopic (exact) mass is 209 g/mol. The molecule has 1 fully saturated rings. The van der Waals surface area contributed by atoms with Gasteiger partial charge in [0.15, 0.2) is 0 Å². The lowest BCUT2D eigenvalue weighted by molar-refractivity contribution is -0.117. The van der Waals surface area contributed by atoms with Crippen molar-refractivity contribution in [3.8, 4) is 0 Å². The summed E-state index contributed by atoms with van der Waals surface area (Å²) >= 11 is 1.56. The molecule has 76 valence electrons. The molecular formula is C11H15NOS. The summed E-state index contributed by atoms with van der Waals surface area (Å²) in [5, 5.41) is 2.87. The summed E-state index contributed by atoms with van der Waals surface area (Å²) in [5.74, 6) is 0.995. The molecule has 1 saturated heterocycles. The van der Waals surface area contributed by atoms with Gasteiger partial charge in [-0.15, -0.1) is 11.8 Å². The first-order chi connectivity index (χ1) is 6.63. The Morgan fingerprint density at radius 3 is 2.86 bits per heavy atom. The lowest BCUT2D eigenvalue weighted by Gasteiger charge is -2.19. The average molecular weight is 209 g/mol. The second-order valence-corrected chi connectivity index (χ2v) is 4.45. The molecule has 1 heterocycles. The van der Waals surface area contributed by atoms with Crippen molar-refractivity contribution in [2.75, 3.05) is 5.75 Å². The number of thioether (sulfide) groups is 1. The smallest absolute Gasteiger partial charge is 0.234 e. The van der Waals surface area contributed by atoms with E-state index in [1.165, 1.54) is 0 Å². The molecule has 0 aromatic heterocycles. The van der Waals surface area contributed by atoms with E-state index < -0.39 is 0 Å². The summed E-state index contributed by atoms with van der Waals surface area (Å²) in [6, 6.07) is 0. The Kier molecular flexibility index (Phi) is 4.01. The van der Waals surface area contributed by atoms with Crippen LogP contribution in [0.15, 0.2) is 35.4 Å². The van der Waals surface area contributed by atoms with Crippen molar-refractivity contribution >= 4 is 17.7 Å². The molecule has 0 aromatic carbocycles. The number of nitrogens with one attached hydrogen (secondary N) is 1. The molecule has 0 aromatic rings. The number of carbonyl (C=O) groups excluding carboxylic acids is 1. The number of hydrogen-bond donors (Lipinski definition) is 1. The Morgan fingerprint density at radius 2 is 2.29 bits per heavy atom. The van der Waals surface area contributed by atoms with Crippen molar-refractivity contribution in [1.82, 2.24) is 5.32 Å². The molecule has 1 aliphatic heterocycles. The second-order valence-electron chi connectivity index (χ2n) is 3.43. The zero-order valence-electron chi connectivity index (χ0n) is 8.54. The Hall–Kier alpha value is -0.960. The molecule has 0 aliphatic carbocycles. The van der Waals surface area contributed by atoms with E-state index in [0.717, 1.165) is 10.6 Å². The maximum atomic E-state index is 11.2. The zero-order valence-corrected chi connectivity index (χ0v) is 9.36. The van der Waals surface area contributed by atoms with Gasteiger partial charge in [-0.3, -0.25) is 4.79 Å². The summed E-state index contributed by atoms with van der Waals surface area (Å²) in [6.07, 6.45) is 5.73. The Labute approximate surface area is 89.1 Å². The van der Waals surface area contributed by atoms with Gasteiger partial charge in [0.1, 0.15) is 0 Å². The van der Waals surface area contributed by atoms with E-state index in [0.29, 0.717) is 11.7 Å². The van der Waals surface area contributed by atoms with Crippen LogP contribution in [0.4, 0.5) is 0 Å². The highest BCUT2D eigenvalue weighted by atomic mass is 32.2. The number of carbonyl (C=O) groups is 1. The maximum absolute atomic E-state index is 11.2. The highest BCUT2D eigenvalue weighted by Gasteiger charge is 2.17. The normalized spacial score (nSPS) is 22.9. The van der Waals surface area contributed by atoms with Crippen molar-refractivity contribution in [1.29, 1.82) is 0 Å². The van der Waals surface area contributed by atoms with E-state index in [4.69, 9.17) is 0 Å². The minimum atomic E-state index is 0.0723. The van der Waals surface area contributed by atoms with E-state index in [1.54, 1.807) is 17.8 Å². The SMILES string of the molecule is C=C/C=C1/SCC(=O)N/C1=C/C(C)C. The molecule has 0 unspecified atom stereocenters. The molecule has 2 nitrogen and oxygen atoms in total. The van der Waals surface area contributed by atoms with Crippen molar-refractivity contribution < 1.29 is 4.79 Å².